The zero-order valence-electron chi connectivity index (χ0n) is 14.6. The molecule has 2 heterocycles. The lowest BCUT2D eigenvalue weighted by Crippen LogP contribution is -2.25. The molecule has 0 saturated carbocycles. The SMILES string of the molecule is NC(Cc1ccccc1)c1cc(-c2ccccc2O)nc2c1COC(=O)N2. The molecule has 4 rings (SSSR count). The molecule has 0 saturated heterocycles. The van der Waals surface area contributed by atoms with E-state index in [-0.39, 0.29) is 18.4 Å². The number of amides is 1. The molecule has 0 radical (unpaired) electrons. The number of hydrogen-bond donors (Lipinski definition) is 3. The fourth-order valence-electron chi connectivity index (χ4n) is 3.25. The first-order chi connectivity index (χ1) is 13.1. The number of phenols is 1. The van der Waals surface area contributed by atoms with Gasteiger partial charge in [-0.05, 0) is 35.7 Å². The Labute approximate surface area is 156 Å². The molecular weight excluding hydrogens is 342 g/mol. The Morgan fingerprint density at radius 3 is 2.67 bits per heavy atom. The fourth-order valence-corrected chi connectivity index (χ4v) is 3.25. The highest BCUT2D eigenvalue weighted by Gasteiger charge is 2.25. The smallest absolute Gasteiger partial charge is 0.413 e. The zero-order chi connectivity index (χ0) is 18.8. The first kappa shape index (κ1) is 17.1. The van der Waals surface area contributed by atoms with Crippen molar-refractivity contribution < 1.29 is 14.6 Å². The topological polar surface area (TPSA) is 97.5 Å². The van der Waals surface area contributed by atoms with E-state index < -0.39 is 6.09 Å². The van der Waals surface area contributed by atoms with E-state index in [0.29, 0.717) is 23.5 Å². The van der Waals surface area contributed by atoms with Gasteiger partial charge >= 0.3 is 6.09 Å². The molecule has 1 unspecified atom stereocenters. The van der Waals surface area contributed by atoms with Crippen molar-refractivity contribution in [2.75, 3.05) is 5.32 Å². The van der Waals surface area contributed by atoms with Gasteiger partial charge in [0, 0.05) is 17.2 Å². The van der Waals surface area contributed by atoms with Crippen LogP contribution in [0, 0.1) is 0 Å². The lowest BCUT2D eigenvalue weighted by atomic mass is 9.94. The van der Waals surface area contributed by atoms with Crippen LogP contribution in [-0.4, -0.2) is 16.2 Å². The van der Waals surface area contributed by atoms with Crippen LogP contribution in [0.3, 0.4) is 0 Å². The molecule has 0 fully saturated rings. The quantitative estimate of drug-likeness (QED) is 0.657. The molecule has 2 aromatic carbocycles. The van der Waals surface area contributed by atoms with Crippen LogP contribution in [0.5, 0.6) is 5.75 Å². The molecule has 136 valence electrons. The summed E-state index contributed by atoms with van der Waals surface area (Å²) < 4.78 is 5.12. The number of aromatic hydroxyl groups is 1. The number of nitrogens with zero attached hydrogens (tertiary/aromatic N) is 1. The van der Waals surface area contributed by atoms with Gasteiger partial charge in [-0.2, -0.15) is 0 Å². The first-order valence-corrected chi connectivity index (χ1v) is 8.67. The van der Waals surface area contributed by atoms with Crippen LogP contribution >= 0.6 is 0 Å². The van der Waals surface area contributed by atoms with Crippen molar-refractivity contribution in [1.29, 1.82) is 0 Å². The van der Waals surface area contributed by atoms with Crippen LogP contribution in [0.4, 0.5) is 10.6 Å². The Kier molecular flexibility index (Phi) is 4.48. The van der Waals surface area contributed by atoms with Crippen LogP contribution in [-0.2, 0) is 17.8 Å². The van der Waals surface area contributed by atoms with Gasteiger partial charge in [-0.1, -0.05) is 42.5 Å². The molecule has 1 atom stereocenters. The number of anilines is 1. The van der Waals surface area contributed by atoms with Gasteiger partial charge in [0.2, 0.25) is 0 Å². The summed E-state index contributed by atoms with van der Waals surface area (Å²) in [5, 5.41) is 12.8. The fraction of sp³-hybridized carbons (Fsp3) is 0.143. The van der Waals surface area contributed by atoms with Gasteiger partial charge in [-0.3, -0.25) is 5.32 Å². The Hall–Kier alpha value is -3.38. The number of hydrogen-bond acceptors (Lipinski definition) is 5. The summed E-state index contributed by atoms with van der Waals surface area (Å²) in [4.78, 5) is 16.2. The summed E-state index contributed by atoms with van der Waals surface area (Å²) in [5.74, 6) is 0.538. The number of cyclic esters (lactones) is 1. The molecule has 0 aliphatic carbocycles. The lowest BCUT2D eigenvalue weighted by Gasteiger charge is -2.24. The van der Waals surface area contributed by atoms with Gasteiger partial charge in [0.25, 0.3) is 0 Å². The van der Waals surface area contributed by atoms with E-state index in [1.165, 1.54) is 0 Å². The van der Waals surface area contributed by atoms with Gasteiger partial charge in [0.05, 0.1) is 5.69 Å². The predicted octanol–water partition coefficient (Wildman–Crippen LogP) is 3.76. The maximum atomic E-state index is 11.7. The van der Waals surface area contributed by atoms with E-state index in [1.807, 2.05) is 42.5 Å². The van der Waals surface area contributed by atoms with E-state index in [9.17, 15) is 9.90 Å². The van der Waals surface area contributed by atoms with Gasteiger partial charge in [0.15, 0.2) is 0 Å². The molecule has 4 N–H and O–H groups in total. The van der Waals surface area contributed by atoms with Crippen molar-refractivity contribution in [3.63, 3.8) is 0 Å². The standard InChI is InChI=1S/C21H19N3O3/c22-17(10-13-6-2-1-3-7-13)15-11-18(14-8-4-5-9-19(14)25)23-20-16(15)12-27-21(26)24-20/h1-9,11,17,25H,10,12,22H2,(H,23,24,26). The van der Waals surface area contributed by atoms with E-state index in [0.717, 1.165) is 16.7 Å². The minimum absolute atomic E-state index is 0.117. The number of phenolic OH excluding ortho intramolecular Hbond substituents is 1. The van der Waals surface area contributed by atoms with E-state index in [1.54, 1.807) is 18.2 Å². The highest BCUT2D eigenvalue weighted by atomic mass is 16.5. The largest absolute Gasteiger partial charge is 0.507 e. The number of nitrogens with one attached hydrogen (secondary N) is 1. The number of para-hydroxylation sites is 1. The minimum atomic E-state index is -0.549. The molecule has 1 aliphatic rings. The molecule has 6 nitrogen and oxygen atoms in total. The number of rotatable bonds is 4. The Bertz CT molecular complexity index is 989. The summed E-state index contributed by atoms with van der Waals surface area (Å²) in [7, 11) is 0. The normalized spacial score (nSPS) is 14.0. The Morgan fingerprint density at radius 2 is 1.89 bits per heavy atom. The summed E-state index contributed by atoms with van der Waals surface area (Å²) >= 11 is 0. The van der Waals surface area contributed by atoms with Crippen LogP contribution in [0.1, 0.15) is 22.7 Å². The number of fused-ring (bicyclic) bond motifs is 1. The molecule has 1 amide bonds. The van der Waals surface area contributed by atoms with Gasteiger partial charge < -0.3 is 15.6 Å². The number of benzene rings is 2. The molecule has 1 aliphatic heterocycles. The van der Waals surface area contributed by atoms with Crippen molar-refractivity contribution in [1.82, 2.24) is 4.98 Å². The van der Waals surface area contributed by atoms with Gasteiger partial charge in [0.1, 0.15) is 18.2 Å². The zero-order valence-corrected chi connectivity index (χ0v) is 14.6. The molecule has 6 heteroatoms. The number of ether oxygens (including phenoxy) is 1. The second-order valence-electron chi connectivity index (χ2n) is 6.44. The molecule has 1 aromatic heterocycles. The van der Waals surface area contributed by atoms with Crippen LogP contribution in [0.2, 0.25) is 0 Å². The molecule has 3 aromatic rings. The monoisotopic (exact) mass is 361 g/mol. The van der Waals surface area contributed by atoms with Gasteiger partial charge in [-0.25, -0.2) is 9.78 Å². The average Bonchev–Trinajstić information content (AvgIpc) is 2.68. The minimum Gasteiger partial charge on any atom is -0.507 e. The predicted molar refractivity (Wildman–Crippen MR) is 102 cm³/mol. The molecular formula is C21H19N3O3. The summed E-state index contributed by atoms with van der Waals surface area (Å²) in [6.07, 6.45) is 0.0813. The second kappa shape index (κ2) is 7.09. The number of nitrogens with two attached hydrogens (primary N) is 1. The number of aromatic nitrogens is 1. The summed E-state index contributed by atoms with van der Waals surface area (Å²) in [6, 6.07) is 18.4. The number of carbonyl (C=O) groups is 1. The Morgan fingerprint density at radius 1 is 1.15 bits per heavy atom. The van der Waals surface area contributed by atoms with Crippen LogP contribution in [0.15, 0.2) is 60.7 Å². The van der Waals surface area contributed by atoms with Crippen molar-refractivity contribution in [2.45, 2.75) is 19.1 Å². The maximum absolute atomic E-state index is 11.7. The maximum Gasteiger partial charge on any atom is 0.413 e. The van der Waals surface area contributed by atoms with Crippen molar-refractivity contribution in [2.24, 2.45) is 5.73 Å². The molecule has 27 heavy (non-hydrogen) atoms. The Balaban J connectivity index is 1.79. The molecule has 0 spiro atoms. The third-order valence-corrected chi connectivity index (χ3v) is 4.60. The summed E-state index contributed by atoms with van der Waals surface area (Å²) in [6.45, 7) is 0.118. The van der Waals surface area contributed by atoms with E-state index in [2.05, 4.69) is 10.3 Å². The van der Waals surface area contributed by atoms with Gasteiger partial charge in [-0.15, -0.1) is 0 Å². The first-order valence-electron chi connectivity index (χ1n) is 8.67. The van der Waals surface area contributed by atoms with Crippen molar-refractivity contribution in [3.05, 3.63) is 77.4 Å². The number of carbonyl (C=O) groups excluding carboxylic acids is 1. The van der Waals surface area contributed by atoms with E-state index in [4.69, 9.17) is 10.5 Å². The molecule has 0 bridgehead atoms. The second-order valence-corrected chi connectivity index (χ2v) is 6.44. The van der Waals surface area contributed by atoms with E-state index >= 15 is 0 Å². The van der Waals surface area contributed by atoms with Crippen molar-refractivity contribution >= 4 is 11.9 Å². The average molecular weight is 361 g/mol. The highest BCUT2D eigenvalue weighted by Crippen LogP contribution is 2.35. The van der Waals surface area contributed by atoms with Crippen LogP contribution < -0.4 is 11.1 Å². The third-order valence-electron chi connectivity index (χ3n) is 4.60. The van der Waals surface area contributed by atoms with Crippen LogP contribution in [0.25, 0.3) is 11.3 Å². The number of pyridine rings is 1. The third kappa shape index (κ3) is 3.47. The van der Waals surface area contributed by atoms with Crippen molar-refractivity contribution in [3.8, 4) is 17.0 Å². The lowest BCUT2D eigenvalue weighted by molar-refractivity contribution is 0.150. The summed E-state index contributed by atoms with van der Waals surface area (Å²) in [5.41, 5.74) is 10.3. The highest BCUT2D eigenvalue weighted by molar-refractivity contribution is 5.87.